The zero-order valence-electron chi connectivity index (χ0n) is 10.8. The molecular formula is C14H16N2O2S. The molecule has 2 aromatic rings. The first-order chi connectivity index (χ1) is 9.25. The van der Waals surface area contributed by atoms with Gasteiger partial charge in [0.05, 0.1) is 6.20 Å². The summed E-state index contributed by atoms with van der Waals surface area (Å²) in [6.45, 7) is 3.40. The van der Waals surface area contributed by atoms with Gasteiger partial charge in [0, 0.05) is 18.0 Å². The lowest BCUT2D eigenvalue weighted by Gasteiger charge is -2.31. The average Bonchev–Trinajstić information content (AvgIpc) is 3.09. The van der Waals surface area contributed by atoms with E-state index in [9.17, 15) is 4.79 Å². The van der Waals surface area contributed by atoms with Gasteiger partial charge < -0.3 is 9.42 Å². The van der Waals surface area contributed by atoms with Crippen LogP contribution in [0.15, 0.2) is 28.2 Å². The van der Waals surface area contributed by atoms with Gasteiger partial charge in [0.2, 0.25) is 0 Å². The molecule has 19 heavy (non-hydrogen) atoms. The predicted molar refractivity (Wildman–Crippen MR) is 73.4 cm³/mol. The lowest BCUT2D eigenvalue weighted by molar-refractivity contribution is 0.0712. The second kappa shape index (κ2) is 5.17. The van der Waals surface area contributed by atoms with Crippen LogP contribution in [-0.4, -0.2) is 29.1 Å². The lowest BCUT2D eigenvalue weighted by atomic mass is 9.95. The highest BCUT2D eigenvalue weighted by atomic mass is 32.1. The Kier molecular flexibility index (Phi) is 3.38. The molecule has 1 aliphatic heterocycles. The predicted octanol–water partition coefficient (Wildman–Crippen LogP) is 3.06. The number of piperidine rings is 1. The largest absolute Gasteiger partial charge is 0.361 e. The fraction of sp³-hybridized carbons (Fsp3) is 0.429. The molecule has 0 aromatic carbocycles. The van der Waals surface area contributed by atoms with Crippen LogP contribution in [0, 0.1) is 6.92 Å². The fourth-order valence-corrected chi connectivity index (χ4v) is 3.46. The Morgan fingerprint density at radius 1 is 1.47 bits per heavy atom. The van der Waals surface area contributed by atoms with E-state index in [0.29, 0.717) is 17.2 Å². The number of carbonyl (C=O) groups is 1. The molecule has 5 heteroatoms. The van der Waals surface area contributed by atoms with Gasteiger partial charge in [-0.2, -0.15) is 0 Å². The van der Waals surface area contributed by atoms with Crippen LogP contribution in [-0.2, 0) is 0 Å². The Hall–Kier alpha value is -1.62. The fourth-order valence-electron chi connectivity index (χ4n) is 2.57. The molecule has 0 saturated carbocycles. The van der Waals surface area contributed by atoms with Crippen LogP contribution < -0.4 is 0 Å². The molecule has 2 aromatic heterocycles. The van der Waals surface area contributed by atoms with Gasteiger partial charge in [0.25, 0.3) is 5.91 Å². The van der Waals surface area contributed by atoms with Crippen molar-refractivity contribution in [3.63, 3.8) is 0 Å². The van der Waals surface area contributed by atoms with Crippen molar-refractivity contribution in [1.82, 2.24) is 10.1 Å². The average molecular weight is 276 g/mol. The summed E-state index contributed by atoms with van der Waals surface area (Å²) >= 11 is 1.81. The van der Waals surface area contributed by atoms with Crippen LogP contribution in [0.4, 0.5) is 0 Å². The Labute approximate surface area is 116 Å². The number of nitrogens with zero attached hydrogens (tertiary/aromatic N) is 2. The Morgan fingerprint density at radius 3 is 2.84 bits per heavy atom. The summed E-state index contributed by atoms with van der Waals surface area (Å²) < 4.78 is 4.96. The van der Waals surface area contributed by atoms with Crippen LogP contribution in [0.2, 0.25) is 0 Å². The maximum Gasteiger partial charge on any atom is 0.259 e. The molecule has 1 fully saturated rings. The smallest absolute Gasteiger partial charge is 0.259 e. The quantitative estimate of drug-likeness (QED) is 0.847. The van der Waals surface area contributed by atoms with Crippen molar-refractivity contribution >= 4 is 17.2 Å². The standard InChI is InChI=1S/C14H16N2O2S/c1-10-12(9-15-18-10)14(17)16-6-4-11(5-7-16)13-3-2-8-19-13/h2-3,8-9,11H,4-7H2,1H3. The molecule has 1 saturated heterocycles. The SMILES string of the molecule is Cc1oncc1C(=O)N1CCC(c2cccs2)CC1. The molecule has 1 aliphatic rings. The highest BCUT2D eigenvalue weighted by Crippen LogP contribution is 2.31. The van der Waals surface area contributed by atoms with Crippen molar-refractivity contribution in [1.29, 1.82) is 0 Å². The summed E-state index contributed by atoms with van der Waals surface area (Å²) in [7, 11) is 0. The first kappa shape index (κ1) is 12.4. The number of likely N-dealkylation sites (tertiary alicyclic amines) is 1. The Bertz CT molecular complexity index is 554. The first-order valence-corrected chi connectivity index (χ1v) is 7.37. The van der Waals surface area contributed by atoms with Crippen LogP contribution >= 0.6 is 11.3 Å². The molecule has 100 valence electrons. The molecule has 3 heterocycles. The molecule has 0 N–H and O–H groups in total. The zero-order chi connectivity index (χ0) is 13.2. The Balaban J connectivity index is 1.64. The minimum atomic E-state index is 0.0448. The van der Waals surface area contributed by atoms with E-state index in [2.05, 4.69) is 22.7 Å². The third-order valence-corrected chi connectivity index (χ3v) is 4.74. The van der Waals surface area contributed by atoms with Crippen LogP contribution in [0.1, 0.15) is 39.8 Å². The van der Waals surface area contributed by atoms with Crippen molar-refractivity contribution in [2.24, 2.45) is 0 Å². The maximum absolute atomic E-state index is 12.3. The molecule has 0 bridgehead atoms. The van der Waals surface area contributed by atoms with E-state index in [4.69, 9.17) is 4.52 Å². The molecule has 0 atom stereocenters. The van der Waals surface area contributed by atoms with Gasteiger partial charge in [-0.25, -0.2) is 0 Å². The number of hydrogen-bond acceptors (Lipinski definition) is 4. The van der Waals surface area contributed by atoms with Gasteiger partial charge in [-0.1, -0.05) is 11.2 Å². The monoisotopic (exact) mass is 276 g/mol. The van der Waals surface area contributed by atoms with Crippen molar-refractivity contribution in [2.75, 3.05) is 13.1 Å². The topological polar surface area (TPSA) is 46.3 Å². The summed E-state index contributed by atoms with van der Waals surface area (Å²) in [4.78, 5) is 15.6. The van der Waals surface area contributed by atoms with E-state index in [1.54, 1.807) is 6.92 Å². The van der Waals surface area contributed by atoms with E-state index in [1.165, 1.54) is 11.1 Å². The summed E-state index contributed by atoms with van der Waals surface area (Å²) in [6.07, 6.45) is 3.59. The summed E-state index contributed by atoms with van der Waals surface area (Å²) in [5, 5.41) is 5.79. The maximum atomic E-state index is 12.3. The molecule has 0 unspecified atom stereocenters. The van der Waals surface area contributed by atoms with Gasteiger partial charge in [-0.3, -0.25) is 4.79 Å². The molecule has 0 aliphatic carbocycles. The van der Waals surface area contributed by atoms with Crippen molar-refractivity contribution in [3.05, 3.63) is 39.9 Å². The highest BCUT2D eigenvalue weighted by molar-refractivity contribution is 7.10. The minimum absolute atomic E-state index is 0.0448. The van der Waals surface area contributed by atoms with Gasteiger partial charge in [-0.15, -0.1) is 11.3 Å². The number of hydrogen-bond donors (Lipinski definition) is 0. The second-order valence-electron chi connectivity index (χ2n) is 4.88. The highest BCUT2D eigenvalue weighted by Gasteiger charge is 2.26. The molecule has 4 nitrogen and oxygen atoms in total. The molecule has 1 amide bonds. The molecule has 0 spiro atoms. The molecule has 0 radical (unpaired) electrons. The molecule has 3 rings (SSSR count). The normalized spacial score (nSPS) is 16.8. The third kappa shape index (κ3) is 2.42. The van der Waals surface area contributed by atoms with Gasteiger partial charge in [0.1, 0.15) is 11.3 Å². The summed E-state index contributed by atoms with van der Waals surface area (Å²) in [5.41, 5.74) is 0.592. The first-order valence-electron chi connectivity index (χ1n) is 6.49. The zero-order valence-corrected chi connectivity index (χ0v) is 11.7. The van der Waals surface area contributed by atoms with Gasteiger partial charge >= 0.3 is 0 Å². The van der Waals surface area contributed by atoms with E-state index in [0.717, 1.165) is 25.9 Å². The van der Waals surface area contributed by atoms with E-state index in [-0.39, 0.29) is 5.91 Å². The van der Waals surface area contributed by atoms with Crippen LogP contribution in [0.3, 0.4) is 0 Å². The number of aryl methyl sites for hydroxylation is 1. The van der Waals surface area contributed by atoms with E-state index >= 15 is 0 Å². The van der Waals surface area contributed by atoms with Gasteiger partial charge in [-0.05, 0) is 37.1 Å². The summed E-state index contributed by atoms with van der Waals surface area (Å²) in [5.74, 6) is 1.25. The van der Waals surface area contributed by atoms with Crippen molar-refractivity contribution in [3.8, 4) is 0 Å². The minimum Gasteiger partial charge on any atom is -0.361 e. The third-order valence-electron chi connectivity index (χ3n) is 3.71. The second-order valence-corrected chi connectivity index (χ2v) is 5.86. The summed E-state index contributed by atoms with van der Waals surface area (Å²) in [6, 6.07) is 4.29. The molecular weight excluding hydrogens is 260 g/mol. The number of amides is 1. The van der Waals surface area contributed by atoms with E-state index in [1.807, 2.05) is 16.2 Å². The number of rotatable bonds is 2. The lowest BCUT2D eigenvalue weighted by Crippen LogP contribution is -2.37. The number of aromatic nitrogens is 1. The number of thiophene rings is 1. The van der Waals surface area contributed by atoms with Gasteiger partial charge in [0.15, 0.2) is 0 Å². The van der Waals surface area contributed by atoms with Crippen LogP contribution in [0.25, 0.3) is 0 Å². The van der Waals surface area contributed by atoms with Crippen LogP contribution in [0.5, 0.6) is 0 Å². The van der Waals surface area contributed by atoms with Crippen molar-refractivity contribution < 1.29 is 9.32 Å². The van der Waals surface area contributed by atoms with Crippen molar-refractivity contribution in [2.45, 2.75) is 25.7 Å². The van der Waals surface area contributed by atoms with E-state index < -0.39 is 0 Å². The Morgan fingerprint density at radius 2 is 2.26 bits per heavy atom. The number of carbonyl (C=O) groups excluding carboxylic acids is 1.